The standard InChI is InChI=1S/C23H37ClF3N5O2/c1-2-30-10-12-31(13-11-30)22(33)32(19-5-3-4-18(24)14-19)15-16-6-8-17(9-7-16)20-28-29-21(34-20)23(25,26)27/h16-19,21,29H,2-15H2,1H3. The van der Waals surface area contributed by atoms with Crippen molar-refractivity contribution in [3.05, 3.63) is 0 Å². The minimum absolute atomic E-state index is 0.105. The van der Waals surface area contributed by atoms with Gasteiger partial charge in [-0.1, -0.05) is 6.92 Å². The van der Waals surface area contributed by atoms with Crippen LogP contribution in [0.5, 0.6) is 0 Å². The van der Waals surface area contributed by atoms with Crippen LogP contribution in [0.3, 0.4) is 0 Å². The van der Waals surface area contributed by atoms with Gasteiger partial charge in [-0.2, -0.15) is 13.2 Å². The molecule has 4 rings (SSSR count). The van der Waals surface area contributed by atoms with Crippen molar-refractivity contribution in [3.63, 3.8) is 0 Å². The van der Waals surface area contributed by atoms with Crippen LogP contribution >= 0.6 is 11.6 Å². The number of likely N-dealkylation sites (N-methyl/N-ethyl adjacent to an activating group) is 1. The highest BCUT2D eigenvalue weighted by Crippen LogP contribution is 2.35. The molecule has 1 N–H and O–H groups in total. The van der Waals surface area contributed by atoms with E-state index in [-0.39, 0.29) is 29.3 Å². The highest BCUT2D eigenvalue weighted by molar-refractivity contribution is 6.20. The van der Waals surface area contributed by atoms with E-state index in [4.69, 9.17) is 16.3 Å². The highest BCUT2D eigenvalue weighted by atomic mass is 35.5. The maximum absolute atomic E-state index is 13.6. The second kappa shape index (κ2) is 11.1. The topological polar surface area (TPSA) is 60.4 Å². The monoisotopic (exact) mass is 507 g/mol. The Kier molecular flexibility index (Phi) is 8.38. The van der Waals surface area contributed by atoms with Crippen molar-refractivity contribution in [3.8, 4) is 0 Å². The maximum atomic E-state index is 13.6. The molecule has 1 saturated heterocycles. The molecule has 0 aromatic heterocycles. The Balaban J connectivity index is 1.34. The fourth-order valence-electron chi connectivity index (χ4n) is 5.70. The van der Waals surface area contributed by atoms with E-state index in [1.165, 1.54) is 0 Å². The molecule has 3 unspecified atom stereocenters. The summed E-state index contributed by atoms with van der Waals surface area (Å²) >= 11 is 6.49. The van der Waals surface area contributed by atoms with Crippen LogP contribution in [0.2, 0.25) is 0 Å². The SMILES string of the molecule is CCN1CCN(C(=O)N(CC2CCC(C3=NNC(C(F)(F)F)O3)CC2)C2CCCC(Cl)C2)CC1. The fourth-order valence-corrected chi connectivity index (χ4v) is 6.06. The van der Waals surface area contributed by atoms with Crippen molar-refractivity contribution in [1.82, 2.24) is 20.1 Å². The number of nitrogens with one attached hydrogen (secondary N) is 1. The lowest BCUT2D eigenvalue weighted by atomic mass is 9.81. The zero-order valence-electron chi connectivity index (χ0n) is 19.9. The van der Waals surface area contributed by atoms with Crippen LogP contribution in [0.25, 0.3) is 0 Å². The van der Waals surface area contributed by atoms with E-state index in [1.54, 1.807) is 0 Å². The zero-order valence-corrected chi connectivity index (χ0v) is 20.7. The number of carbonyl (C=O) groups is 1. The van der Waals surface area contributed by atoms with Crippen molar-refractivity contribution in [2.45, 2.75) is 82.1 Å². The molecule has 2 saturated carbocycles. The Morgan fingerprint density at radius 1 is 1.15 bits per heavy atom. The summed E-state index contributed by atoms with van der Waals surface area (Å²) in [6.07, 6.45) is 0.427. The number of amides is 2. The number of piperazine rings is 1. The van der Waals surface area contributed by atoms with Gasteiger partial charge in [0.2, 0.25) is 5.90 Å². The van der Waals surface area contributed by atoms with E-state index in [0.717, 1.165) is 84.1 Å². The van der Waals surface area contributed by atoms with Crippen LogP contribution in [0, 0.1) is 11.8 Å². The van der Waals surface area contributed by atoms with Crippen molar-refractivity contribution in [2.75, 3.05) is 39.3 Å². The number of nitrogens with zero attached hydrogens (tertiary/aromatic N) is 4. The average molecular weight is 508 g/mol. The molecule has 4 aliphatic rings. The molecule has 0 aromatic carbocycles. The molecule has 3 atom stereocenters. The van der Waals surface area contributed by atoms with Crippen LogP contribution in [0.15, 0.2) is 5.10 Å². The first-order chi connectivity index (χ1) is 16.2. The minimum Gasteiger partial charge on any atom is -0.444 e. The molecular weight excluding hydrogens is 471 g/mol. The lowest BCUT2D eigenvalue weighted by Crippen LogP contribution is -2.56. The van der Waals surface area contributed by atoms with Gasteiger partial charge in [0.25, 0.3) is 6.23 Å². The van der Waals surface area contributed by atoms with Crippen molar-refractivity contribution in [1.29, 1.82) is 0 Å². The number of urea groups is 1. The maximum Gasteiger partial charge on any atom is 0.446 e. The van der Waals surface area contributed by atoms with E-state index in [9.17, 15) is 18.0 Å². The van der Waals surface area contributed by atoms with Crippen molar-refractivity contribution >= 4 is 23.5 Å². The molecule has 0 aromatic rings. The van der Waals surface area contributed by atoms with Gasteiger partial charge in [0.05, 0.1) is 0 Å². The summed E-state index contributed by atoms with van der Waals surface area (Å²) in [4.78, 5) is 20.0. The molecule has 2 heterocycles. The van der Waals surface area contributed by atoms with Crippen LogP contribution in [0.1, 0.15) is 58.3 Å². The van der Waals surface area contributed by atoms with E-state index < -0.39 is 12.4 Å². The van der Waals surface area contributed by atoms with Gasteiger partial charge in [-0.3, -0.25) is 5.43 Å². The Hall–Kier alpha value is -1.42. The fraction of sp³-hybridized carbons (Fsp3) is 0.913. The molecule has 0 bridgehead atoms. The van der Waals surface area contributed by atoms with Crippen molar-refractivity contribution in [2.24, 2.45) is 16.9 Å². The molecule has 2 aliphatic heterocycles. The number of hydrogen-bond donors (Lipinski definition) is 1. The second-order valence-electron chi connectivity index (χ2n) is 10.1. The smallest absolute Gasteiger partial charge is 0.444 e. The number of hydrogen-bond acceptors (Lipinski definition) is 5. The van der Waals surface area contributed by atoms with E-state index in [1.807, 2.05) is 4.90 Å². The Bertz CT molecular complexity index is 724. The normalized spacial score (nSPS) is 33.1. The molecule has 194 valence electrons. The first-order valence-corrected chi connectivity index (χ1v) is 13.2. The van der Waals surface area contributed by atoms with Gasteiger partial charge in [0.1, 0.15) is 0 Å². The number of hydrazone groups is 1. The summed E-state index contributed by atoms with van der Waals surface area (Å²) in [7, 11) is 0. The van der Waals surface area contributed by atoms with E-state index in [2.05, 4.69) is 27.3 Å². The molecule has 0 spiro atoms. The molecule has 7 nitrogen and oxygen atoms in total. The summed E-state index contributed by atoms with van der Waals surface area (Å²) in [6.45, 7) is 7.13. The van der Waals surface area contributed by atoms with Gasteiger partial charge < -0.3 is 19.4 Å². The predicted octanol–water partition coefficient (Wildman–Crippen LogP) is 4.22. The Morgan fingerprint density at radius 2 is 1.85 bits per heavy atom. The summed E-state index contributed by atoms with van der Waals surface area (Å²) in [5, 5.41) is 3.92. The number of rotatable bonds is 5. The first kappa shape index (κ1) is 25.7. The first-order valence-electron chi connectivity index (χ1n) is 12.7. The molecule has 3 fully saturated rings. The van der Waals surface area contributed by atoms with Crippen LogP contribution in [-0.4, -0.2) is 89.7 Å². The summed E-state index contributed by atoms with van der Waals surface area (Å²) in [5.41, 5.74) is 2.06. The lowest BCUT2D eigenvalue weighted by Gasteiger charge is -2.43. The minimum atomic E-state index is -4.48. The zero-order chi connectivity index (χ0) is 24.3. The van der Waals surface area contributed by atoms with Crippen LogP contribution < -0.4 is 5.43 Å². The van der Waals surface area contributed by atoms with Gasteiger partial charge in [0.15, 0.2) is 0 Å². The summed E-state index contributed by atoms with van der Waals surface area (Å²) in [5.74, 6) is 0.380. The number of carbonyl (C=O) groups excluding carboxylic acids is 1. The third kappa shape index (κ3) is 6.22. The second-order valence-corrected chi connectivity index (χ2v) is 10.7. The van der Waals surface area contributed by atoms with E-state index in [0.29, 0.717) is 12.5 Å². The van der Waals surface area contributed by atoms with Gasteiger partial charge in [-0.15, -0.1) is 16.7 Å². The quantitative estimate of drug-likeness (QED) is 0.566. The number of alkyl halides is 4. The average Bonchev–Trinajstić information content (AvgIpc) is 3.34. The molecule has 2 aliphatic carbocycles. The molecule has 0 radical (unpaired) electrons. The Labute approximate surface area is 205 Å². The third-order valence-corrected chi connectivity index (χ3v) is 8.23. The van der Waals surface area contributed by atoms with Gasteiger partial charge >= 0.3 is 12.2 Å². The van der Waals surface area contributed by atoms with Crippen molar-refractivity contribution < 1.29 is 22.7 Å². The van der Waals surface area contributed by atoms with E-state index >= 15 is 0 Å². The largest absolute Gasteiger partial charge is 0.446 e. The lowest BCUT2D eigenvalue weighted by molar-refractivity contribution is -0.202. The van der Waals surface area contributed by atoms with Gasteiger partial charge in [-0.25, -0.2) is 4.79 Å². The summed E-state index contributed by atoms with van der Waals surface area (Å²) in [6, 6.07) is 0.277. The highest BCUT2D eigenvalue weighted by Gasteiger charge is 2.46. The number of ether oxygens (including phenoxy) is 1. The van der Waals surface area contributed by atoms with Crippen LogP contribution in [-0.2, 0) is 4.74 Å². The Morgan fingerprint density at radius 3 is 2.44 bits per heavy atom. The third-order valence-electron chi connectivity index (χ3n) is 7.84. The molecule has 2 amide bonds. The molecule has 11 heteroatoms. The number of halogens is 4. The van der Waals surface area contributed by atoms with Crippen LogP contribution in [0.4, 0.5) is 18.0 Å². The molecule has 34 heavy (non-hydrogen) atoms. The predicted molar refractivity (Wildman–Crippen MR) is 125 cm³/mol. The van der Waals surface area contributed by atoms with Gasteiger partial charge in [-0.05, 0) is 63.8 Å². The summed E-state index contributed by atoms with van der Waals surface area (Å²) < 4.78 is 43.7. The molecular formula is C23H37ClF3N5O2. The van der Waals surface area contributed by atoms with Gasteiger partial charge in [0, 0.05) is 50.1 Å².